The number of nitrogens with one attached hydrogen (secondary N) is 1. The smallest absolute Gasteiger partial charge is 0.263 e. The van der Waals surface area contributed by atoms with Gasteiger partial charge < -0.3 is 0 Å². The molecule has 1 N–H and O–H groups in total. The third-order valence-corrected chi connectivity index (χ3v) is 6.20. The number of aryl methyl sites for hydroxylation is 1. The van der Waals surface area contributed by atoms with Crippen LogP contribution in [-0.2, 0) is 10.0 Å². The van der Waals surface area contributed by atoms with E-state index in [0.717, 1.165) is 15.2 Å². The molecule has 0 bridgehead atoms. The number of hydrogen-bond acceptors (Lipinski definition) is 4. The van der Waals surface area contributed by atoms with Gasteiger partial charge in [0.1, 0.15) is 4.90 Å². The first-order chi connectivity index (χ1) is 9.95. The molecule has 0 atom stereocenters. The van der Waals surface area contributed by atoms with E-state index < -0.39 is 10.0 Å². The summed E-state index contributed by atoms with van der Waals surface area (Å²) in [6, 6.07) is 12.1. The molecule has 21 heavy (non-hydrogen) atoms. The third-order valence-electron chi connectivity index (χ3n) is 2.87. The lowest BCUT2D eigenvalue weighted by molar-refractivity contribution is 0.601. The lowest BCUT2D eigenvalue weighted by atomic mass is 10.3. The summed E-state index contributed by atoms with van der Waals surface area (Å²) < 4.78 is 28.9. The first-order valence-corrected chi connectivity index (χ1v) is 9.19. The first-order valence-electron chi connectivity index (χ1n) is 6.10. The van der Waals surface area contributed by atoms with Gasteiger partial charge in [-0.1, -0.05) is 12.1 Å². The van der Waals surface area contributed by atoms with E-state index >= 15 is 0 Å². The van der Waals surface area contributed by atoms with E-state index in [-0.39, 0.29) is 4.90 Å². The average Bonchev–Trinajstić information content (AvgIpc) is 2.78. The molecule has 0 saturated carbocycles. The second-order valence-electron chi connectivity index (χ2n) is 4.45. The summed E-state index contributed by atoms with van der Waals surface area (Å²) in [6.07, 6.45) is 0. The van der Waals surface area contributed by atoms with Gasteiger partial charge in [0, 0.05) is 4.47 Å². The highest BCUT2D eigenvalue weighted by molar-refractivity contribution is 9.10. The minimum atomic E-state index is -3.62. The molecule has 0 saturated heterocycles. The van der Waals surface area contributed by atoms with Crippen LogP contribution in [0.2, 0.25) is 0 Å². The number of nitrogens with zero attached hydrogens (tertiary/aromatic N) is 1. The molecule has 1 aromatic heterocycles. The molecular weight excluding hydrogens is 372 g/mol. The second-order valence-corrected chi connectivity index (χ2v) is 8.19. The minimum Gasteiger partial charge on any atom is -0.280 e. The van der Waals surface area contributed by atoms with Crippen molar-refractivity contribution in [3.8, 4) is 0 Å². The van der Waals surface area contributed by atoms with Gasteiger partial charge in [0.2, 0.25) is 0 Å². The van der Waals surface area contributed by atoms with E-state index in [2.05, 4.69) is 25.6 Å². The molecule has 7 heteroatoms. The molecule has 3 rings (SSSR count). The van der Waals surface area contributed by atoms with Gasteiger partial charge in [-0.2, -0.15) is 0 Å². The van der Waals surface area contributed by atoms with E-state index in [0.29, 0.717) is 10.2 Å². The highest BCUT2D eigenvalue weighted by Gasteiger charge is 2.17. The Morgan fingerprint density at radius 2 is 1.95 bits per heavy atom. The molecular formula is C14H11BrN2O2S2. The monoisotopic (exact) mass is 382 g/mol. The van der Waals surface area contributed by atoms with Crippen molar-refractivity contribution < 1.29 is 8.42 Å². The molecule has 0 radical (unpaired) electrons. The van der Waals surface area contributed by atoms with Crippen LogP contribution in [0.25, 0.3) is 10.2 Å². The maximum Gasteiger partial charge on any atom is 0.263 e. The Labute approximate surface area is 135 Å². The molecule has 1 heterocycles. The maximum absolute atomic E-state index is 12.4. The second kappa shape index (κ2) is 5.40. The summed E-state index contributed by atoms with van der Waals surface area (Å²) >= 11 is 4.80. The van der Waals surface area contributed by atoms with Crippen LogP contribution in [0.15, 0.2) is 51.8 Å². The number of fused-ring (bicyclic) bond motifs is 1. The zero-order valence-electron chi connectivity index (χ0n) is 11.0. The number of anilines is 1. The fourth-order valence-corrected chi connectivity index (χ4v) is 4.90. The topological polar surface area (TPSA) is 59.1 Å². The summed E-state index contributed by atoms with van der Waals surface area (Å²) in [6.45, 7) is 1.93. The van der Waals surface area contributed by atoms with Gasteiger partial charge in [0.05, 0.1) is 20.9 Å². The number of thiazole rings is 1. The molecule has 2 aromatic carbocycles. The van der Waals surface area contributed by atoms with Crippen molar-refractivity contribution in [1.82, 2.24) is 4.98 Å². The predicted molar refractivity (Wildman–Crippen MR) is 89.3 cm³/mol. The summed E-state index contributed by atoms with van der Waals surface area (Å²) in [7, 11) is -3.62. The van der Waals surface area contributed by atoms with Gasteiger partial charge in [-0.15, -0.1) is 11.3 Å². The lowest BCUT2D eigenvalue weighted by Gasteiger charge is -2.09. The largest absolute Gasteiger partial charge is 0.280 e. The zero-order valence-corrected chi connectivity index (χ0v) is 14.2. The number of sulfonamides is 1. The first kappa shape index (κ1) is 14.5. The highest BCUT2D eigenvalue weighted by atomic mass is 79.9. The van der Waals surface area contributed by atoms with Crippen LogP contribution in [-0.4, -0.2) is 13.4 Å². The summed E-state index contributed by atoms with van der Waals surface area (Å²) in [5.41, 5.74) is 1.41. The molecule has 0 aliphatic heterocycles. The Morgan fingerprint density at radius 1 is 1.19 bits per heavy atom. The van der Waals surface area contributed by atoms with Crippen LogP contribution in [0.4, 0.5) is 5.69 Å². The lowest BCUT2D eigenvalue weighted by Crippen LogP contribution is -2.13. The van der Waals surface area contributed by atoms with Crippen LogP contribution in [0, 0.1) is 6.92 Å². The van der Waals surface area contributed by atoms with Crippen molar-refractivity contribution in [2.24, 2.45) is 0 Å². The average molecular weight is 383 g/mol. The van der Waals surface area contributed by atoms with E-state index in [1.165, 1.54) is 11.3 Å². The van der Waals surface area contributed by atoms with Crippen molar-refractivity contribution >= 4 is 53.2 Å². The van der Waals surface area contributed by atoms with Gasteiger partial charge in [-0.25, -0.2) is 13.4 Å². The van der Waals surface area contributed by atoms with Crippen molar-refractivity contribution in [2.75, 3.05) is 4.72 Å². The number of halogens is 1. The Hall–Kier alpha value is -1.44. The number of rotatable bonds is 3. The molecule has 0 amide bonds. The molecule has 0 aliphatic rings. The van der Waals surface area contributed by atoms with Crippen molar-refractivity contribution in [3.63, 3.8) is 0 Å². The van der Waals surface area contributed by atoms with Gasteiger partial charge in [0.15, 0.2) is 0 Å². The Balaban J connectivity index is 1.99. The van der Waals surface area contributed by atoms with Crippen LogP contribution in [0.3, 0.4) is 0 Å². The molecule has 4 nitrogen and oxygen atoms in total. The number of benzene rings is 2. The summed E-state index contributed by atoms with van der Waals surface area (Å²) in [5.74, 6) is 0. The number of aromatic nitrogens is 1. The Kier molecular flexibility index (Phi) is 3.73. The fourth-order valence-electron chi connectivity index (χ4n) is 1.98. The zero-order chi connectivity index (χ0) is 15.0. The van der Waals surface area contributed by atoms with E-state index in [4.69, 9.17) is 0 Å². The SMILES string of the molecule is Cc1nc2ccc(NS(=O)(=O)c3ccccc3Br)cc2s1. The molecule has 108 valence electrons. The maximum atomic E-state index is 12.4. The predicted octanol–water partition coefficient (Wildman–Crippen LogP) is 4.17. The Bertz CT molecular complexity index is 920. The van der Waals surface area contributed by atoms with E-state index in [9.17, 15) is 8.42 Å². The van der Waals surface area contributed by atoms with Gasteiger partial charge >= 0.3 is 0 Å². The number of hydrogen-bond donors (Lipinski definition) is 1. The fraction of sp³-hybridized carbons (Fsp3) is 0.0714. The normalized spacial score (nSPS) is 11.7. The molecule has 0 spiro atoms. The quantitative estimate of drug-likeness (QED) is 0.739. The van der Waals surface area contributed by atoms with E-state index in [1.807, 2.05) is 13.0 Å². The van der Waals surface area contributed by atoms with Gasteiger partial charge in [0.25, 0.3) is 10.0 Å². The van der Waals surface area contributed by atoms with Gasteiger partial charge in [-0.05, 0) is 53.2 Å². The van der Waals surface area contributed by atoms with Crippen molar-refractivity contribution in [1.29, 1.82) is 0 Å². The Morgan fingerprint density at radius 3 is 2.71 bits per heavy atom. The molecule has 0 unspecified atom stereocenters. The van der Waals surface area contributed by atoms with Crippen LogP contribution < -0.4 is 4.72 Å². The third kappa shape index (κ3) is 2.95. The van der Waals surface area contributed by atoms with Crippen LogP contribution in [0.5, 0.6) is 0 Å². The molecule has 0 fully saturated rings. The summed E-state index contributed by atoms with van der Waals surface area (Å²) in [4.78, 5) is 4.57. The van der Waals surface area contributed by atoms with Crippen LogP contribution >= 0.6 is 27.3 Å². The van der Waals surface area contributed by atoms with Crippen molar-refractivity contribution in [3.05, 3.63) is 51.9 Å². The molecule has 0 aliphatic carbocycles. The molecule has 3 aromatic rings. The van der Waals surface area contributed by atoms with Crippen LogP contribution in [0.1, 0.15) is 5.01 Å². The van der Waals surface area contributed by atoms with E-state index in [1.54, 1.807) is 36.4 Å². The minimum absolute atomic E-state index is 0.214. The van der Waals surface area contributed by atoms with Crippen molar-refractivity contribution in [2.45, 2.75) is 11.8 Å². The standard InChI is InChI=1S/C14H11BrN2O2S2/c1-9-16-12-7-6-10(8-13(12)20-9)17-21(18,19)14-5-3-2-4-11(14)15/h2-8,17H,1H3. The van der Waals surface area contributed by atoms with Gasteiger partial charge in [-0.3, -0.25) is 4.72 Å². The summed E-state index contributed by atoms with van der Waals surface area (Å²) in [5, 5.41) is 0.954. The highest BCUT2D eigenvalue weighted by Crippen LogP contribution is 2.27.